The van der Waals surface area contributed by atoms with Crippen molar-refractivity contribution in [1.82, 2.24) is 5.32 Å². The average molecular weight is 283 g/mol. The largest absolute Gasteiger partial charge is 0.493 e. The summed E-state index contributed by atoms with van der Waals surface area (Å²) >= 11 is 1.58. The molecule has 1 aromatic rings. The van der Waals surface area contributed by atoms with Crippen LogP contribution in [0.3, 0.4) is 0 Å². The Hall–Kier alpha value is -1.40. The number of thioether (sulfide) groups is 1. The molecule has 1 heterocycles. The predicted octanol–water partition coefficient (Wildman–Crippen LogP) is 1.88. The Bertz CT molecular complexity index is 466. The van der Waals surface area contributed by atoms with E-state index < -0.39 is 12.0 Å². The number of carboxylic acid groups (broad SMARTS) is 1. The van der Waals surface area contributed by atoms with Crippen molar-refractivity contribution in [2.75, 3.05) is 19.5 Å². The third-order valence-electron chi connectivity index (χ3n) is 2.87. The minimum Gasteiger partial charge on any atom is -0.493 e. The molecule has 0 bridgehead atoms. The normalized spacial score (nSPS) is 22.2. The summed E-state index contributed by atoms with van der Waals surface area (Å²) < 4.78 is 10.8. The van der Waals surface area contributed by atoms with Gasteiger partial charge in [-0.1, -0.05) is 6.07 Å². The van der Waals surface area contributed by atoms with E-state index in [0.29, 0.717) is 23.9 Å². The number of hydrogen-bond acceptors (Lipinski definition) is 5. The first-order valence-corrected chi connectivity index (χ1v) is 7.11. The lowest BCUT2D eigenvalue weighted by Crippen LogP contribution is -2.33. The van der Waals surface area contributed by atoms with Crippen molar-refractivity contribution in [3.8, 4) is 11.5 Å². The molecule has 1 aromatic carbocycles. The molecule has 0 spiro atoms. The second-order valence-corrected chi connectivity index (χ2v) is 5.25. The van der Waals surface area contributed by atoms with Crippen molar-refractivity contribution in [2.45, 2.75) is 18.3 Å². The van der Waals surface area contributed by atoms with Gasteiger partial charge in [0.1, 0.15) is 6.04 Å². The lowest BCUT2D eigenvalue weighted by molar-refractivity contribution is -0.138. The van der Waals surface area contributed by atoms with Gasteiger partial charge in [-0.25, -0.2) is 0 Å². The Morgan fingerprint density at radius 3 is 2.89 bits per heavy atom. The molecule has 0 aliphatic carbocycles. The lowest BCUT2D eigenvalue weighted by Gasteiger charge is -2.15. The van der Waals surface area contributed by atoms with Crippen molar-refractivity contribution in [1.29, 1.82) is 0 Å². The Balaban J connectivity index is 2.15. The number of rotatable bonds is 5. The highest BCUT2D eigenvalue weighted by Crippen LogP contribution is 2.37. The molecule has 0 saturated carbocycles. The fourth-order valence-electron chi connectivity index (χ4n) is 1.93. The average Bonchev–Trinajstić information content (AvgIpc) is 2.89. The molecule has 0 radical (unpaired) electrons. The van der Waals surface area contributed by atoms with Gasteiger partial charge in [-0.3, -0.25) is 10.1 Å². The van der Waals surface area contributed by atoms with Gasteiger partial charge in [0.25, 0.3) is 0 Å². The maximum absolute atomic E-state index is 10.9. The number of nitrogens with one attached hydrogen (secondary N) is 1. The van der Waals surface area contributed by atoms with Gasteiger partial charge < -0.3 is 14.6 Å². The number of hydrogen-bond donors (Lipinski definition) is 2. The Labute approximate surface area is 116 Å². The topological polar surface area (TPSA) is 67.8 Å². The summed E-state index contributed by atoms with van der Waals surface area (Å²) in [6.07, 6.45) is 0. The quantitative estimate of drug-likeness (QED) is 0.860. The fraction of sp³-hybridized carbons (Fsp3) is 0.462. The first-order valence-electron chi connectivity index (χ1n) is 6.07. The number of carboxylic acids is 1. The number of aliphatic carboxylic acids is 1. The van der Waals surface area contributed by atoms with Gasteiger partial charge in [-0.2, -0.15) is 0 Å². The second-order valence-electron chi connectivity index (χ2n) is 4.11. The van der Waals surface area contributed by atoms with E-state index >= 15 is 0 Å². The van der Waals surface area contributed by atoms with E-state index in [4.69, 9.17) is 14.6 Å². The SMILES string of the molecule is CCOc1ccc([C@@H]2N[C@H](C(=O)O)CS2)cc1OC. The molecule has 0 amide bonds. The monoisotopic (exact) mass is 283 g/mol. The van der Waals surface area contributed by atoms with Crippen LogP contribution in [-0.2, 0) is 4.79 Å². The summed E-state index contributed by atoms with van der Waals surface area (Å²) in [7, 11) is 1.59. The Morgan fingerprint density at radius 2 is 2.32 bits per heavy atom. The molecule has 2 atom stereocenters. The molecule has 2 N–H and O–H groups in total. The lowest BCUT2D eigenvalue weighted by atomic mass is 10.2. The molecule has 1 saturated heterocycles. The number of ether oxygens (including phenoxy) is 2. The molecule has 19 heavy (non-hydrogen) atoms. The number of methoxy groups -OCH3 is 1. The Morgan fingerprint density at radius 1 is 1.53 bits per heavy atom. The molecular formula is C13H17NO4S. The van der Waals surface area contributed by atoms with Gasteiger partial charge in [0, 0.05) is 5.75 Å². The third kappa shape index (κ3) is 3.13. The highest BCUT2D eigenvalue weighted by Gasteiger charge is 2.30. The van der Waals surface area contributed by atoms with Crippen molar-refractivity contribution in [3.63, 3.8) is 0 Å². The van der Waals surface area contributed by atoms with Crippen LogP contribution < -0.4 is 14.8 Å². The highest BCUT2D eigenvalue weighted by atomic mass is 32.2. The van der Waals surface area contributed by atoms with E-state index in [1.807, 2.05) is 25.1 Å². The molecule has 0 aromatic heterocycles. The van der Waals surface area contributed by atoms with Gasteiger partial charge in [-0.05, 0) is 24.6 Å². The van der Waals surface area contributed by atoms with Gasteiger partial charge in [-0.15, -0.1) is 11.8 Å². The molecule has 1 fully saturated rings. The van der Waals surface area contributed by atoms with Crippen LogP contribution in [0.2, 0.25) is 0 Å². The van der Waals surface area contributed by atoms with E-state index in [2.05, 4.69) is 5.32 Å². The molecule has 1 aliphatic rings. The van der Waals surface area contributed by atoms with Crippen molar-refractivity contribution >= 4 is 17.7 Å². The fourth-order valence-corrected chi connectivity index (χ4v) is 3.15. The predicted molar refractivity (Wildman–Crippen MR) is 73.9 cm³/mol. The van der Waals surface area contributed by atoms with Crippen LogP contribution >= 0.6 is 11.8 Å². The number of benzene rings is 1. The van der Waals surface area contributed by atoms with Crippen LogP contribution in [-0.4, -0.2) is 36.6 Å². The smallest absolute Gasteiger partial charge is 0.321 e. The number of carbonyl (C=O) groups is 1. The summed E-state index contributed by atoms with van der Waals surface area (Å²) in [6.45, 7) is 2.49. The van der Waals surface area contributed by atoms with Crippen molar-refractivity contribution < 1.29 is 19.4 Å². The Kier molecular flexibility index (Phi) is 4.55. The van der Waals surface area contributed by atoms with Crippen LogP contribution in [0.5, 0.6) is 11.5 Å². The van der Waals surface area contributed by atoms with E-state index in [0.717, 1.165) is 5.56 Å². The maximum atomic E-state index is 10.9. The molecule has 104 valence electrons. The maximum Gasteiger partial charge on any atom is 0.321 e. The standard InChI is InChI=1S/C13H17NO4S/c1-3-18-10-5-4-8(6-11(10)17-2)12-14-9(7-19-12)13(15)16/h4-6,9,12,14H,3,7H2,1-2H3,(H,15,16)/t9-,12+/m0/s1. The summed E-state index contributed by atoms with van der Waals surface area (Å²) in [5, 5.41) is 12.0. The van der Waals surface area contributed by atoms with Crippen molar-refractivity contribution in [2.24, 2.45) is 0 Å². The van der Waals surface area contributed by atoms with Crippen LogP contribution in [0.1, 0.15) is 17.9 Å². The van der Waals surface area contributed by atoms with Gasteiger partial charge in [0.2, 0.25) is 0 Å². The second kappa shape index (κ2) is 6.16. The summed E-state index contributed by atoms with van der Waals surface area (Å²) in [6, 6.07) is 5.18. The summed E-state index contributed by atoms with van der Waals surface area (Å²) in [4.78, 5) is 10.9. The van der Waals surface area contributed by atoms with E-state index in [1.54, 1.807) is 18.9 Å². The van der Waals surface area contributed by atoms with Crippen LogP contribution in [0, 0.1) is 0 Å². The van der Waals surface area contributed by atoms with Gasteiger partial charge >= 0.3 is 5.97 Å². The third-order valence-corrected chi connectivity index (χ3v) is 4.14. The highest BCUT2D eigenvalue weighted by molar-refractivity contribution is 7.99. The minimum atomic E-state index is -0.812. The summed E-state index contributed by atoms with van der Waals surface area (Å²) in [5.74, 6) is 1.12. The van der Waals surface area contributed by atoms with Gasteiger partial charge in [0.15, 0.2) is 11.5 Å². The minimum absolute atomic E-state index is 0.0225. The molecule has 1 aliphatic heterocycles. The van der Waals surface area contributed by atoms with Gasteiger partial charge in [0.05, 0.1) is 19.1 Å². The van der Waals surface area contributed by atoms with Crippen LogP contribution in [0.15, 0.2) is 18.2 Å². The molecule has 5 nitrogen and oxygen atoms in total. The van der Waals surface area contributed by atoms with E-state index in [1.165, 1.54) is 0 Å². The molecular weight excluding hydrogens is 266 g/mol. The van der Waals surface area contributed by atoms with E-state index in [9.17, 15) is 4.79 Å². The van der Waals surface area contributed by atoms with Crippen LogP contribution in [0.25, 0.3) is 0 Å². The zero-order valence-corrected chi connectivity index (χ0v) is 11.7. The van der Waals surface area contributed by atoms with Crippen LogP contribution in [0.4, 0.5) is 0 Å². The summed E-state index contributed by atoms with van der Waals surface area (Å²) in [5.41, 5.74) is 0.994. The first kappa shape index (κ1) is 14.0. The van der Waals surface area contributed by atoms with E-state index in [-0.39, 0.29) is 5.37 Å². The molecule has 2 rings (SSSR count). The molecule has 0 unspecified atom stereocenters. The zero-order chi connectivity index (χ0) is 13.8. The van der Waals surface area contributed by atoms with Crippen molar-refractivity contribution in [3.05, 3.63) is 23.8 Å². The first-order chi connectivity index (χ1) is 9.15. The zero-order valence-electron chi connectivity index (χ0n) is 10.9. The molecule has 6 heteroatoms.